The quantitative estimate of drug-likeness (QED) is 0.656. The number of amides is 1. The number of anilines is 1. The van der Waals surface area contributed by atoms with Crippen molar-refractivity contribution >= 4 is 23.5 Å². The molecule has 0 unspecified atom stereocenters. The van der Waals surface area contributed by atoms with Gasteiger partial charge in [-0.1, -0.05) is 6.92 Å². The van der Waals surface area contributed by atoms with E-state index in [0.29, 0.717) is 0 Å². The Kier molecular flexibility index (Phi) is 5.81. The van der Waals surface area contributed by atoms with Crippen LogP contribution in [0.15, 0.2) is 24.3 Å². The Balaban J connectivity index is 1.84. The van der Waals surface area contributed by atoms with Crippen LogP contribution in [-0.4, -0.2) is 36.6 Å². The molecule has 0 heterocycles. The lowest BCUT2D eigenvalue weighted by Crippen LogP contribution is -2.56. The minimum absolute atomic E-state index is 0.0463. The minimum Gasteiger partial charge on any atom is -0.466 e. The molecule has 31 heavy (non-hydrogen) atoms. The summed E-state index contributed by atoms with van der Waals surface area (Å²) in [5, 5.41) is 2.57. The molecule has 10 heteroatoms. The fourth-order valence-corrected chi connectivity index (χ4v) is 4.88. The van der Waals surface area contributed by atoms with Gasteiger partial charge in [0.2, 0.25) is 5.91 Å². The number of rotatable bonds is 6. The van der Waals surface area contributed by atoms with Crippen LogP contribution in [0.2, 0.25) is 0 Å². The average molecular weight is 442 g/mol. The summed E-state index contributed by atoms with van der Waals surface area (Å²) in [5.41, 5.74) is 3.18. The standard InChI is InChI=1S/C21H25F3N2O5/c1-4-30-17(28)15-14-13(10-20(25,19(14,15)3)18(29)31-5-2)16(27)26-12-8-6-11(7-9-12)21(22,23)24/h6-9,13-15H,4-5,10,25H2,1-3H3,(H,26,27)/t13-,14-,15-,19-,20-/m0/s1. The highest BCUT2D eigenvalue weighted by atomic mass is 19.4. The molecule has 5 atom stereocenters. The molecule has 0 aliphatic heterocycles. The second-order valence-corrected chi connectivity index (χ2v) is 8.10. The zero-order chi connectivity index (χ0) is 23.2. The van der Waals surface area contributed by atoms with E-state index in [9.17, 15) is 27.6 Å². The third-order valence-corrected chi connectivity index (χ3v) is 6.52. The second kappa shape index (κ2) is 7.81. The van der Waals surface area contributed by atoms with Gasteiger partial charge < -0.3 is 20.5 Å². The molecule has 3 N–H and O–H groups in total. The molecule has 7 nitrogen and oxygen atoms in total. The van der Waals surface area contributed by atoms with Crippen LogP contribution in [0.1, 0.15) is 32.8 Å². The molecule has 0 radical (unpaired) electrons. The number of esters is 2. The normalized spacial score (nSPS) is 31.5. The maximum atomic E-state index is 13.0. The number of benzene rings is 1. The van der Waals surface area contributed by atoms with Gasteiger partial charge in [0, 0.05) is 17.0 Å². The van der Waals surface area contributed by atoms with E-state index < -0.39 is 58.3 Å². The number of carbonyl (C=O) groups excluding carboxylic acids is 3. The molecule has 2 fully saturated rings. The van der Waals surface area contributed by atoms with E-state index in [0.717, 1.165) is 24.3 Å². The van der Waals surface area contributed by atoms with Crippen molar-refractivity contribution in [2.45, 2.75) is 38.9 Å². The predicted octanol–water partition coefficient (Wildman–Crippen LogP) is 2.74. The summed E-state index contributed by atoms with van der Waals surface area (Å²) in [6.07, 6.45) is -4.54. The Bertz CT molecular complexity index is 888. The molecule has 170 valence electrons. The summed E-state index contributed by atoms with van der Waals surface area (Å²) >= 11 is 0. The Morgan fingerprint density at radius 3 is 2.23 bits per heavy atom. The predicted molar refractivity (Wildman–Crippen MR) is 103 cm³/mol. The topological polar surface area (TPSA) is 108 Å². The Morgan fingerprint density at radius 2 is 1.71 bits per heavy atom. The highest BCUT2D eigenvalue weighted by Crippen LogP contribution is 2.74. The van der Waals surface area contributed by atoms with Gasteiger partial charge in [-0.2, -0.15) is 13.2 Å². The van der Waals surface area contributed by atoms with Gasteiger partial charge >= 0.3 is 18.1 Å². The van der Waals surface area contributed by atoms with Crippen molar-refractivity contribution < 1.29 is 37.0 Å². The summed E-state index contributed by atoms with van der Waals surface area (Å²) < 4.78 is 48.5. The molecule has 2 aliphatic rings. The van der Waals surface area contributed by atoms with Gasteiger partial charge in [-0.3, -0.25) is 14.4 Å². The van der Waals surface area contributed by atoms with Crippen LogP contribution in [0.3, 0.4) is 0 Å². The lowest BCUT2D eigenvalue weighted by atomic mass is 9.80. The van der Waals surface area contributed by atoms with E-state index in [1.54, 1.807) is 20.8 Å². The van der Waals surface area contributed by atoms with E-state index in [-0.39, 0.29) is 25.3 Å². The lowest BCUT2D eigenvalue weighted by molar-refractivity contribution is -0.154. The monoisotopic (exact) mass is 442 g/mol. The van der Waals surface area contributed by atoms with E-state index in [2.05, 4.69) is 5.32 Å². The molecule has 1 aromatic carbocycles. The zero-order valence-corrected chi connectivity index (χ0v) is 17.4. The fraction of sp³-hybridized carbons (Fsp3) is 0.571. The first-order valence-electron chi connectivity index (χ1n) is 10.0. The molecule has 2 saturated carbocycles. The van der Waals surface area contributed by atoms with Gasteiger partial charge in [-0.05, 0) is 50.5 Å². The number of halogens is 3. The van der Waals surface area contributed by atoms with E-state index >= 15 is 0 Å². The number of hydrogen-bond acceptors (Lipinski definition) is 6. The van der Waals surface area contributed by atoms with Gasteiger partial charge in [0.05, 0.1) is 24.7 Å². The van der Waals surface area contributed by atoms with Crippen LogP contribution < -0.4 is 11.1 Å². The highest BCUT2D eigenvalue weighted by molar-refractivity contribution is 5.98. The fourth-order valence-electron chi connectivity index (χ4n) is 4.88. The summed E-state index contributed by atoms with van der Waals surface area (Å²) in [4.78, 5) is 38.1. The van der Waals surface area contributed by atoms with Crippen molar-refractivity contribution in [2.75, 3.05) is 18.5 Å². The van der Waals surface area contributed by atoms with Crippen molar-refractivity contribution in [3.8, 4) is 0 Å². The minimum atomic E-state index is -4.49. The van der Waals surface area contributed by atoms with Gasteiger partial charge in [-0.25, -0.2) is 0 Å². The highest BCUT2D eigenvalue weighted by Gasteiger charge is 2.83. The maximum Gasteiger partial charge on any atom is 0.416 e. The summed E-state index contributed by atoms with van der Waals surface area (Å²) in [6.45, 7) is 5.17. The number of carbonyl (C=O) groups is 3. The van der Waals surface area contributed by atoms with Crippen LogP contribution in [0.25, 0.3) is 0 Å². The van der Waals surface area contributed by atoms with Crippen molar-refractivity contribution in [1.82, 2.24) is 0 Å². The van der Waals surface area contributed by atoms with Crippen LogP contribution in [0, 0.1) is 23.2 Å². The third-order valence-electron chi connectivity index (χ3n) is 6.52. The first kappa shape index (κ1) is 23.1. The number of ether oxygens (including phenoxy) is 2. The van der Waals surface area contributed by atoms with Crippen molar-refractivity contribution in [3.05, 3.63) is 29.8 Å². The molecule has 3 rings (SSSR count). The summed E-state index contributed by atoms with van der Waals surface area (Å²) in [5.74, 6) is -3.87. The molecule has 0 aromatic heterocycles. The number of fused-ring (bicyclic) bond motifs is 1. The Hall–Kier alpha value is -2.62. The van der Waals surface area contributed by atoms with E-state index in [1.165, 1.54) is 0 Å². The second-order valence-electron chi connectivity index (χ2n) is 8.10. The van der Waals surface area contributed by atoms with Gasteiger partial charge in [0.15, 0.2) is 0 Å². The number of nitrogens with one attached hydrogen (secondary N) is 1. The number of hydrogen-bond donors (Lipinski definition) is 2. The van der Waals surface area contributed by atoms with Gasteiger partial charge in [0.1, 0.15) is 5.54 Å². The SMILES string of the molecule is CCOC(=O)[C@@H]1[C@@H]2[C@@H](C(=O)Nc3ccc(C(F)(F)F)cc3)C[C@](N)(C(=O)OCC)[C@@]21C. The summed E-state index contributed by atoms with van der Waals surface area (Å²) in [6, 6.07) is 4.01. The molecular weight excluding hydrogens is 417 g/mol. The first-order chi connectivity index (χ1) is 14.4. The maximum absolute atomic E-state index is 13.0. The molecular formula is C21H25F3N2O5. The lowest BCUT2D eigenvalue weighted by Gasteiger charge is -2.31. The molecule has 1 amide bonds. The molecule has 1 aromatic rings. The largest absolute Gasteiger partial charge is 0.466 e. The van der Waals surface area contributed by atoms with Gasteiger partial charge in [0.25, 0.3) is 0 Å². The number of nitrogens with two attached hydrogens (primary N) is 1. The zero-order valence-electron chi connectivity index (χ0n) is 17.4. The van der Waals surface area contributed by atoms with Crippen LogP contribution >= 0.6 is 0 Å². The van der Waals surface area contributed by atoms with Crippen LogP contribution in [-0.2, 0) is 30.0 Å². The average Bonchev–Trinajstić information content (AvgIpc) is 3.25. The first-order valence-corrected chi connectivity index (χ1v) is 10.0. The molecule has 0 saturated heterocycles. The smallest absolute Gasteiger partial charge is 0.416 e. The van der Waals surface area contributed by atoms with Crippen LogP contribution in [0.4, 0.5) is 18.9 Å². The molecule has 2 aliphatic carbocycles. The third kappa shape index (κ3) is 3.66. The van der Waals surface area contributed by atoms with Crippen molar-refractivity contribution in [3.63, 3.8) is 0 Å². The van der Waals surface area contributed by atoms with Crippen molar-refractivity contribution in [1.29, 1.82) is 0 Å². The van der Waals surface area contributed by atoms with Crippen molar-refractivity contribution in [2.24, 2.45) is 28.9 Å². The van der Waals surface area contributed by atoms with Gasteiger partial charge in [-0.15, -0.1) is 0 Å². The molecule has 0 bridgehead atoms. The summed E-state index contributed by atoms with van der Waals surface area (Å²) in [7, 11) is 0. The van der Waals surface area contributed by atoms with E-state index in [4.69, 9.17) is 15.2 Å². The Labute approximate surface area is 177 Å². The van der Waals surface area contributed by atoms with Crippen LogP contribution in [0.5, 0.6) is 0 Å². The molecule has 0 spiro atoms. The van der Waals surface area contributed by atoms with E-state index in [1.807, 2.05) is 0 Å². The number of alkyl halides is 3. The Morgan fingerprint density at radius 1 is 1.13 bits per heavy atom.